The maximum atomic E-state index is 2.72. The Morgan fingerprint density at radius 3 is 1.29 bits per heavy atom. The summed E-state index contributed by atoms with van der Waals surface area (Å²) >= 11 is 0. The zero-order valence-corrected chi connectivity index (χ0v) is 17.5. The molecule has 0 amide bonds. The monoisotopic (exact) mass is 302 g/mol. The van der Waals surface area contributed by atoms with E-state index in [0.29, 0.717) is 0 Å². The standard InChI is InChI=1S/C13H34Si4/c1-14(2)9-11-17(8,12-10-15(3)4)13-16(5,6)7/h9-13H2,1-8H3. The van der Waals surface area contributed by atoms with E-state index in [2.05, 4.69) is 52.4 Å². The van der Waals surface area contributed by atoms with Crippen molar-refractivity contribution in [3.63, 3.8) is 0 Å². The normalized spacial score (nSPS) is 13.8. The number of hydrogen-bond donors (Lipinski definition) is 0. The third kappa shape index (κ3) is 10.5. The van der Waals surface area contributed by atoms with Crippen LogP contribution in [-0.2, 0) is 0 Å². The fourth-order valence-electron chi connectivity index (χ4n) is 2.69. The lowest BCUT2D eigenvalue weighted by Gasteiger charge is -2.34. The van der Waals surface area contributed by atoms with Crippen molar-refractivity contribution in [3.8, 4) is 0 Å². The van der Waals surface area contributed by atoms with Gasteiger partial charge >= 0.3 is 0 Å². The fraction of sp³-hybridized carbons (Fsp3) is 1.00. The lowest BCUT2D eigenvalue weighted by Crippen LogP contribution is -2.40. The van der Waals surface area contributed by atoms with Crippen LogP contribution in [0.4, 0.5) is 0 Å². The maximum Gasteiger partial charge on any atom is 0.0472 e. The first-order chi connectivity index (χ1) is 7.54. The summed E-state index contributed by atoms with van der Waals surface area (Å²) in [6.07, 6.45) is 0. The Balaban J connectivity index is 4.45. The molecule has 0 aliphatic heterocycles. The number of rotatable bonds is 8. The van der Waals surface area contributed by atoms with E-state index in [-0.39, 0.29) is 17.6 Å². The molecule has 102 valence electrons. The van der Waals surface area contributed by atoms with Gasteiger partial charge in [0.05, 0.1) is 0 Å². The topological polar surface area (TPSA) is 0 Å². The van der Waals surface area contributed by atoms with E-state index in [9.17, 15) is 0 Å². The Morgan fingerprint density at radius 2 is 1.06 bits per heavy atom. The molecule has 0 spiro atoms. The van der Waals surface area contributed by atoms with E-state index in [1.165, 1.54) is 0 Å². The van der Waals surface area contributed by atoms with E-state index in [0.717, 1.165) is 0 Å². The third-order valence-corrected chi connectivity index (χ3v) is 17.5. The molecule has 0 saturated carbocycles. The van der Waals surface area contributed by atoms with Crippen molar-refractivity contribution in [1.29, 1.82) is 0 Å². The van der Waals surface area contributed by atoms with Crippen LogP contribution in [0.25, 0.3) is 0 Å². The Morgan fingerprint density at radius 1 is 0.706 bits per heavy atom. The van der Waals surface area contributed by atoms with Crippen molar-refractivity contribution < 1.29 is 0 Å². The summed E-state index contributed by atoms with van der Waals surface area (Å²) in [6, 6.07) is 6.42. The van der Waals surface area contributed by atoms with Crippen LogP contribution < -0.4 is 0 Å². The Bertz CT molecular complexity index is 194. The fourth-order valence-corrected chi connectivity index (χ4v) is 23.4. The second kappa shape index (κ2) is 7.46. The van der Waals surface area contributed by atoms with E-state index >= 15 is 0 Å². The van der Waals surface area contributed by atoms with Gasteiger partial charge in [-0.1, -0.05) is 82.2 Å². The molecule has 0 atom stereocenters. The van der Waals surface area contributed by atoms with Gasteiger partial charge in [-0.2, -0.15) is 0 Å². The summed E-state index contributed by atoms with van der Waals surface area (Å²) in [5, 5.41) is 0. The predicted octanol–water partition coefficient (Wildman–Crippen LogP) is 5.45. The molecule has 0 aromatic carbocycles. The van der Waals surface area contributed by atoms with E-state index < -0.39 is 16.1 Å². The van der Waals surface area contributed by atoms with Gasteiger partial charge in [0.2, 0.25) is 0 Å². The first-order valence-corrected chi connectivity index (χ1v) is 19.4. The van der Waals surface area contributed by atoms with Crippen LogP contribution in [0.5, 0.6) is 0 Å². The van der Waals surface area contributed by atoms with Gasteiger partial charge in [-0.15, -0.1) is 0 Å². The largest absolute Gasteiger partial charge is 0.0713 e. The molecule has 0 unspecified atom stereocenters. The minimum absolute atomic E-state index is 0.00168. The van der Waals surface area contributed by atoms with Crippen LogP contribution in [0.1, 0.15) is 0 Å². The van der Waals surface area contributed by atoms with Crippen LogP contribution >= 0.6 is 0 Å². The third-order valence-electron chi connectivity index (χ3n) is 3.41. The van der Waals surface area contributed by atoms with Gasteiger partial charge in [0.15, 0.2) is 0 Å². The second-order valence-electron chi connectivity index (χ2n) is 7.96. The molecule has 0 N–H and O–H groups in total. The second-order valence-corrected chi connectivity index (χ2v) is 24.9. The van der Waals surface area contributed by atoms with Crippen LogP contribution in [0.3, 0.4) is 0 Å². The molecule has 0 heterocycles. The molecule has 0 rings (SSSR count). The van der Waals surface area contributed by atoms with Crippen molar-refractivity contribution >= 4 is 33.7 Å². The maximum absolute atomic E-state index is 2.72. The van der Waals surface area contributed by atoms with Crippen LogP contribution in [0.15, 0.2) is 0 Å². The SMILES string of the molecule is C[Si](C)CC[Si](C)(CC[Si](C)C)C[Si](C)(C)C. The minimum atomic E-state index is -0.898. The Kier molecular flexibility index (Phi) is 7.84. The first kappa shape index (κ1) is 17.9. The smallest absolute Gasteiger partial charge is 0.0472 e. The molecule has 0 nitrogen and oxygen atoms in total. The zero-order valence-electron chi connectivity index (χ0n) is 13.5. The molecule has 0 bridgehead atoms. The molecule has 0 aliphatic rings. The highest BCUT2D eigenvalue weighted by molar-refractivity contribution is 6.96. The van der Waals surface area contributed by atoms with E-state index in [1.54, 1.807) is 29.8 Å². The van der Waals surface area contributed by atoms with Crippen molar-refractivity contribution in [3.05, 3.63) is 0 Å². The quantitative estimate of drug-likeness (QED) is 0.523. The highest BCUT2D eigenvalue weighted by atomic mass is 28.4. The molecular formula is C13H34Si4. The first-order valence-electron chi connectivity index (χ1n) is 7.12. The highest BCUT2D eigenvalue weighted by Crippen LogP contribution is 2.31. The molecule has 4 heteroatoms. The van der Waals surface area contributed by atoms with Gasteiger partial charge in [-0.05, 0) is 0 Å². The lowest BCUT2D eigenvalue weighted by atomic mass is 10.9. The average Bonchev–Trinajstić information content (AvgIpc) is 2.09. The summed E-state index contributed by atoms with van der Waals surface area (Å²) in [7, 11) is -1.75. The number of hydrogen-bond acceptors (Lipinski definition) is 0. The Hall–Kier alpha value is 0.868. The molecule has 0 saturated heterocycles. The molecule has 0 fully saturated rings. The van der Waals surface area contributed by atoms with Crippen LogP contribution in [0, 0.1) is 0 Å². The molecule has 0 aromatic rings. The van der Waals surface area contributed by atoms with Crippen LogP contribution in [-0.4, -0.2) is 33.7 Å². The van der Waals surface area contributed by atoms with Gasteiger partial charge in [-0.25, -0.2) is 0 Å². The molecular weight excluding hydrogens is 268 g/mol. The molecule has 2 radical (unpaired) electrons. The molecule has 0 aromatic heterocycles. The van der Waals surface area contributed by atoms with Crippen LogP contribution in [0.2, 0.25) is 82.2 Å². The molecule has 17 heavy (non-hydrogen) atoms. The van der Waals surface area contributed by atoms with Crippen molar-refractivity contribution in [2.24, 2.45) is 0 Å². The van der Waals surface area contributed by atoms with E-state index in [4.69, 9.17) is 0 Å². The van der Waals surface area contributed by atoms with E-state index in [1.807, 2.05) is 0 Å². The lowest BCUT2D eigenvalue weighted by molar-refractivity contribution is 1.19. The van der Waals surface area contributed by atoms with Gasteiger partial charge in [-0.3, -0.25) is 0 Å². The minimum Gasteiger partial charge on any atom is -0.0713 e. The van der Waals surface area contributed by atoms with Crippen molar-refractivity contribution in [2.45, 2.75) is 82.2 Å². The van der Waals surface area contributed by atoms with Crippen molar-refractivity contribution in [2.75, 3.05) is 0 Å². The summed E-state index contributed by atoms with van der Waals surface area (Å²) < 4.78 is 0. The zero-order chi connectivity index (χ0) is 13.7. The average molecular weight is 303 g/mol. The van der Waals surface area contributed by atoms with Gasteiger partial charge < -0.3 is 0 Å². The summed E-state index contributed by atoms with van der Waals surface area (Å²) in [5.74, 6) is 0. The Labute approximate surface area is 116 Å². The predicted molar refractivity (Wildman–Crippen MR) is 94.0 cm³/mol. The van der Waals surface area contributed by atoms with Gasteiger partial charge in [0.25, 0.3) is 0 Å². The summed E-state index contributed by atoms with van der Waals surface area (Å²) in [5.41, 5.74) is 1.67. The summed E-state index contributed by atoms with van der Waals surface area (Å²) in [4.78, 5) is 0. The van der Waals surface area contributed by atoms with Crippen molar-refractivity contribution in [1.82, 2.24) is 0 Å². The summed E-state index contributed by atoms with van der Waals surface area (Å²) in [6.45, 7) is 20.4. The highest BCUT2D eigenvalue weighted by Gasteiger charge is 2.32. The van der Waals surface area contributed by atoms with Gasteiger partial charge in [0, 0.05) is 33.7 Å². The van der Waals surface area contributed by atoms with Gasteiger partial charge in [0.1, 0.15) is 0 Å². The molecule has 0 aliphatic carbocycles.